The zero-order valence-electron chi connectivity index (χ0n) is 20.7. The van der Waals surface area contributed by atoms with Gasteiger partial charge in [0.05, 0.1) is 30.7 Å². The molecule has 0 saturated carbocycles. The number of carbonyl (C=O) groups is 1. The molecule has 0 atom stereocenters. The summed E-state index contributed by atoms with van der Waals surface area (Å²) in [6.45, 7) is 4.80. The van der Waals surface area contributed by atoms with Gasteiger partial charge in [-0.3, -0.25) is 9.69 Å². The number of urea groups is 1. The van der Waals surface area contributed by atoms with Gasteiger partial charge in [0.25, 0.3) is 5.56 Å². The number of amides is 2. The molecule has 37 heavy (non-hydrogen) atoms. The van der Waals surface area contributed by atoms with Crippen molar-refractivity contribution >= 4 is 16.9 Å². The van der Waals surface area contributed by atoms with Gasteiger partial charge in [-0.05, 0) is 28.8 Å². The molecule has 1 aliphatic heterocycles. The van der Waals surface area contributed by atoms with Crippen LogP contribution < -0.4 is 10.9 Å². The van der Waals surface area contributed by atoms with E-state index in [4.69, 9.17) is 4.74 Å². The van der Waals surface area contributed by atoms with Gasteiger partial charge in [-0.15, -0.1) is 0 Å². The first-order valence-corrected chi connectivity index (χ1v) is 12.6. The van der Waals surface area contributed by atoms with Crippen LogP contribution in [0.1, 0.15) is 22.5 Å². The molecule has 0 aliphatic carbocycles. The number of hydrogen-bond acceptors (Lipinski definition) is 5. The molecule has 2 heterocycles. The fraction of sp³-hybridized carbons (Fsp3) is 0.276. The highest BCUT2D eigenvalue weighted by Crippen LogP contribution is 2.11. The van der Waals surface area contributed by atoms with Crippen molar-refractivity contribution in [3.8, 4) is 0 Å². The fourth-order valence-corrected chi connectivity index (χ4v) is 4.51. The van der Waals surface area contributed by atoms with Gasteiger partial charge in [-0.2, -0.15) is 0 Å². The predicted molar refractivity (Wildman–Crippen MR) is 143 cm³/mol. The first-order valence-electron chi connectivity index (χ1n) is 12.6. The largest absolute Gasteiger partial charge is 0.372 e. The smallest absolute Gasteiger partial charge is 0.317 e. The Morgan fingerprint density at radius 2 is 1.57 bits per heavy atom. The van der Waals surface area contributed by atoms with Crippen LogP contribution in [-0.2, 0) is 31.0 Å². The number of hydrogen-bond donors (Lipinski definition) is 2. The topological polar surface area (TPSA) is 90.6 Å². The number of H-pyrrole nitrogens is 1. The van der Waals surface area contributed by atoms with Crippen molar-refractivity contribution in [1.29, 1.82) is 0 Å². The number of benzene rings is 3. The number of aromatic nitrogens is 2. The van der Waals surface area contributed by atoms with Crippen LogP contribution in [0.4, 0.5) is 4.79 Å². The lowest BCUT2D eigenvalue weighted by Crippen LogP contribution is -2.51. The molecule has 0 bridgehead atoms. The molecule has 1 aromatic heterocycles. The Labute approximate surface area is 215 Å². The maximum atomic E-state index is 12.8. The molecule has 8 heteroatoms. The van der Waals surface area contributed by atoms with Crippen molar-refractivity contribution in [2.45, 2.75) is 26.3 Å². The van der Waals surface area contributed by atoms with Crippen molar-refractivity contribution < 1.29 is 9.53 Å². The average molecular weight is 498 g/mol. The molecule has 1 saturated heterocycles. The third kappa shape index (κ3) is 6.61. The van der Waals surface area contributed by atoms with E-state index < -0.39 is 0 Å². The minimum absolute atomic E-state index is 0.0670. The highest BCUT2D eigenvalue weighted by molar-refractivity contribution is 5.77. The molecule has 2 amide bonds. The third-order valence-electron chi connectivity index (χ3n) is 6.51. The van der Waals surface area contributed by atoms with Gasteiger partial charge in [0.15, 0.2) is 0 Å². The number of aromatic amines is 1. The van der Waals surface area contributed by atoms with E-state index in [2.05, 4.69) is 26.3 Å². The Kier molecular flexibility index (Phi) is 7.88. The lowest BCUT2D eigenvalue weighted by atomic mass is 10.1. The lowest BCUT2D eigenvalue weighted by Gasteiger charge is -2.34. The number of piperazine rings is 1. The number of nitrogens with one attached hydrogen (secondary N) is 2. The average Bonchev–Trinajstić information content (AvgIpc) is 2.93. The number of ether oxygens (including phenoxy) is 1. The van der Waals surface area contributed by atoms with E-state index in [1.807, 2.05) is 71.6 Å². The maximum Gasteiger partial charge on any atom is 0.317 e. The van der Waals surface area contributed by atoms with Crippen molar-refractivity contribution in [3.05, 3.63) is 112 Å². The summed E-state index contributed by atoms with van der Waals surface area (Å²) in [5.41, 5.74) is 3.85. The Bertz CT molecular complexity index is 1400. The SMILES string of the molecule is O=C(NCc1cccc(COCc2ccccc2)c1)N1CCN(Cc2nc3ccccc3c(=O)[nH]2)CC1. The molecular formula is C29H31N5O3. The van der Waals surface area contributed by atoms with Crippen LogP contribution in [0.5, 0.6) is 0 Å². The number of rotatable bonds is 8. The van der Waals surface area contributed by atoms with Crippen LogP contribution in [0.25, 0.3) is 10.9 Å². The summed E-state index contributed by atoms with van der Waals surface area (Å²) in [5, 5.41) is 3.63. The van der Waals surface area contributed by atoms with Crippen molar-refractivity contribution in [3.63, 3.8) is 0 Å². The van der Waals surface area contributed by atoms with Crippen molar-refractivity contribution in [2.24, 2.45) is 0 Å². The van der Waals surface area contributed by atoms with E-state index in [0.29, 0.717) is 56.1 Å². The first-order chi connectivity index (χ1) is 18.1. The molecule has 0 radical (unpaired) electrons. The van der Waals surface area contributed by atoms with Crippen molar-refractivity contribution in [1.82, 2.24) is 25.1 Å². The van der Waals surface area contributed by atoms with E-state index in [1.165, 1.54) is 0 Å². The molecule has 8 nitrogen and oxygen atoms in total. The highest BCUT2D eigenvalue weighted by Gasteiger charge is 2.21. The lowest BCUT2D eigenvalue weighted by molar-refractivity contribution is 0.107. The second-order valence-corrected chi connectivity index (χ2v) is 9.25. The van der Waals surface area contributed by atoms with Crippen LogP contribution in [-0.4, -0.2) is 52.0 Å². The number of para-hydroxylation sites is 1. The molecule has 5 rings (SSSR count). The second-order valence-electron chi connectivity index (χ2n) is 9.25. The summed E-state index contributed by atoms with van der Waals surface area (Å²) in [6.07, 6.45) is 0. The van der Waals surface area contributed by atoms with Gasteiger partial charge in [-0.1, -0.05) is 66.7 Å². The Morgan fingerprint density at radius 3 is 2.41 bits per heavy atom. The number of nitrogens with zero attached hydrogens (tertiary/aromatic N) is 3. The summed E-state index contributed by atoms with van der Waals surface area (Å²) in [6, 6.07) is 25.5. The third-order valence-corrected chi connectivity index (χ3v) is 6.51. The first kappa shape index (κ1) is 24.7. The van der Waals surface area contributed by atoms with Crippen LogP contribution in [0.3, 0.4) is 0 Å². The molecule has 1 fully saturated rings. The predicted octanol–water partition coefficient (Wildman–Crippen LogP) is 3.67. The number of carbonyl (C=O) groups excluding carboxylic acids is 1. The van der Waals surface area contributed by atoms with Gasteiger partial charge in [0, 0.05) is 32.7 Å². The summed E-state index contributed by atoms with van der Waals surface area (Å²) in [5.74, 6) is 0.647. The quantitative estimate of drug-likeness (QED) is 0.388. The van der Waals surface area contributed by atoms with Gasteiger partial charge in [0.2, 0.25) is 0 Å². The second kappa shape index (κ2) is 11.8. The summed E-state index contributed by atoms with van der Waals surface area (Å²) < 4.78 is 5.84. The van der Waals surface area contributed by atoms with Crippen LogP contribution in [0.2, 0.25) is 0 Å². The Morgan fingerprint density at radius 1 is 0.865 bits per heavy atom. The van der Waals surface area contributed by atoms with E-state index >= 15 is 0 Å². The monoisotopic (exact) mass is 497 g/mol. The highest BCUT2D eigenvalue weighted by atomic mass is 16.5. The zero-order valence-corrected chi connectivity index (χ0v) is 20.7. The Balaban J connectivity index is 1.07. The molecule has 2 N–H and O–H groups in total. The number of fused-ring (bicyclic) bond motifs is 1. The molecule has 4 aromatic rings. The van der Waals surface area contributed by atoms with Gasteiger partial charge < -0.3 is 19.9 Å². The van der Waals surface area contributed by atoms with E-state index in [0.717, 1.165) is 29.8 Å². The molecular weight excluding hydrogens is 466 g/mol. The summed E-state index contributed by atoms with van der Waals surface area (Å²) >= 11 is 0. The molecule has 3 aromatic carbocycles. The fourth-order valence-electron chi connectivity index (χ4n) is 4.51. The Hall–Kier alpha value is -4.01. The molecule has 0 unspecified atom stereocenters. The minimum atomic E-state index is -0.120. The zero-order chi connectivity index (χ0) is 25.5. The van der Waals surface area contributed by atoms with Crippen LogP contribution in [0.15, 0.2) is 83.7 Å². The minimum Gasteiger partial charge on any atom is -0.372 e. The van der Waals surface area contributed by atoms with Gasteiger partial charge in [-0.25, -0.2) is 9.78 Å². The van der Waals surface area contributed by atoms with Crippen LogP contribution >= 0.6 is 0 Å². The van der Waals surface area contributed by atoms with Crippen molar-refractivity contribution in [2.75, 3.05) is 26.2 Å². The standard InChI is InChI=1S/C29H31N5O3/c35-28-25-11-4-5-12-26(25)31-27(32-28)19-33-13-15-34(16-14-33)29(36)30-18-23-9-6-10-24(17-23)21-37-20-22-7-2-1-3-8-22/h1-12,17H,13-16,18-21H2,(H,30,36)(H,31,32,35). The van der Waals surface area contributed by atoms with E-state index in [-0.39, 0.29) is 11.6 Å². The summed E-state index contributed by atoms with van der Waals surface area (Å²) in [7, 11) is 0. The summed E-state index contributed by atoms with van der Waals surface area (Å²) in [4.78, 5) is 36.6. The van der Waals surface area contributed by atoms with Gasteiger partial charge in [0.1, 0.15) is 5.82 Å². The maximum absolute atomic E-state index is 12.8. The van der Waals surface area contributed by atoms with Crippen LogP contribution in [0, 0.1) is 0 Å². The van der Waals surface area contributed by atoms with Gasteiger partial charge >= 0.3 is 6.03 Å². The molecule has 0 spiro atoms. The molecule has 1 aliphatic rings. The van der Waals surface area contributed by atoms with E-state index in [9.17, 15) is 9.59 Å². The normalized spacial score (nSPS) is 14.1. The molecule has 190 valence electrons. The van der Waals surface area contributed by atoms with E-state index in [1.54, 1.807) is 6.07 Å².